The van der Waals surface area contributed by atoms with Crippen molar-refractivity contribution in [1.29, 1.82) is 0 Å². The summed E-state index contributed by atoms with van der Waals surface area (Å²) in [5, 5.41) is 3.68. The van der Waals surface area contributed by atoms with E-state index in [4.69, 9.17) is 13.9 Å². The fourth-order valence-electron chi connectivity index (χ4n) is 3.12. The van der Waals surface area contributed by atoms with Crippen molar-refractivity contribution in [3.63, 3.8) is 0 Å². The average Bonchev–Trinajstić information content (AvgIpc) is 3.19. The van der Waals surface area contributed by atoms with Gasteiger partial charge in [-0.2, -0.15) is 0 Å². The van der Waals surface area contributed by atoms with Crippen LogP contribution >= 0.6 is 11.3 Å². The number of thiophene rings is 1. The molecule has 2 aromatic carbocycles. The van der Waals surface area contributed by atoms with E-state index in [9.17, 15) is 4.79 Å². The third kappa shape index (κ3) is 3.21. The van der Waals surface area contributed by atoms with Gasteiger partial charge < -0.3 is 13.9 Å². The van der Waals surface area contributed by atoms with E-state index < -0.39 is 5.63 Å². The lowest BCUT2D eigenvalue weighted by Crippen LogP contribution is -1.95. The molecule has 0 fully saturated rings. The molecule has 0 spiro atoms. The summed E-state index contributed by atoms with van der Waals surface area (Å²) >= 11 is 1.53. The third-order valence-corrected chi connectivity index (χ3v) is 5.43. The molecule has 0 radical (unpaired) electrons. The van der Waals surface area contributed by atoms with Crippen molar-refractivity contribution in [1.82, 2.24) is 9.97 Å². The Labute approximate surface area is 169 Å². The molecule has 0 saturated carbocycles. The standard InChI is InChI=1S/C22H14N2O4S/c1-26-15-6-2-13(3-7-15)17-11-29-22-20(17)21(23-12-24-22)27-16-8-4-14-5-9-19(25)28-18(14)10-16/h2-12H,1H3. The number of aromatic nitrogens is 2. The Morgan fingerprint density at radius 1 is 0.966 bits per heavy atom. The zero-order valence-corrected chi connectivity index (χ0v) is 16.1. The summed E-state index contributed by atoms with van der Waals surface area (Å²) in [6.07, 6.45) is 1.48. The molecule has 3 aromatic heterocycles. The molecule has 0 atom stereocenters. The lowest BCUT2D eigenvalue weighted by atomic mass is 10.1. The maximum absolute atomic E-state index is 11.5. The minimum atomic E-state index is -0.404. The summed E-state index contributed by atoms with van der Waals surface area (Å²) < 4.78 is 16.6. The summed E-state index contributed by atoms with van der Waals surface area (Å²) in [6.45, 7) is 0. The van der Waals surface area contributed by atoms with E-state index in [0.29, 0.717) is 17.2 Å². The maximum atomic E-state index is 11.5. The van der Waals surface area contributed by atoms with Crippen molar-refractivity contribution in [3.05, 3.63) is 76.7 Å². The van der Waals surface area contributed by atoms with Crippen molar-refractivity contribution in [2.75, 3.05) is 7.11 Å². The van der Waals surface area contributed by atoms with Gasteiger partial charge in [-0.25, -0.2) is 14.8 Å². The molecule has 0 unspecified atom stereocenters. The van der Waals surface area contributed by atoms with Gasteiger partial charge in [-0.05, 0) is 35.9 Å². The van der Waals surface area contributed by atoms with Crippen molar-refractivity contribution < 1.29 is 13.9 Å². The maximum Gasteiger partial charge on any atom is 0.336 e. The Hall–Kier alpha value is -3.71. The fourth-order valence-corrected chi connectivity index (χ4v) is 4.03. The molecule has 0 aliphatic carbocycles. The van der Waals surface area contributed by atoms with Crippen LogP contribution in [-0.2, 0) is 0 Å². The minimum absolute atomic E-state index is 0.404. The van der Waals surface area contributed by atoms with Crippen LogP contribution < -0.4 is 15.1 Å². The van der Waals surface area contributed by atoms with Crippen LogP contribution in [0.4, 0.5) is 0 Å². The van der Waals surface area contributed by atoms with Gasteiger partial charge in [-0.15, -0.1) is 11.3 Å². The Balaban J connectivity index is 1.60. The molecular formula is C22H14N2O4S. The highest BCUT2D eigenvalue weighted by Crippen LogP contribution is 2.39. The SMILES string of the molecule is COc1ccc(-c2csc3ncnc(Oc4ccc5ccc(=O)oc5c4)c23)cc1. The number of nitrogens with zero attached hydrogens (tertiary/aromatic N) is 2. The Bertz CT molecular complexity index is 1390. The molecule has 29 heavy (non-hydrogen) atoms. The zero-order valence-electron chi connectivity index (χ0n) is 15.3. The van der Waals surface area contributed by atoms with Gasteiger partial charge in [0.05, 0.1) is 12.5 Å². The summed E-state index contributed by atoms with van der Waals surface area (Å²) in [6, 6.07) is 16.2. The van der Waals surface area contributed by atoms with E-state index in [-0.39, 0.29) is 0 Å². The summed E-state index contributed by atoms with van der Waals surface area (Å²) in [5.41, 5.74) is 2.05. The second-order valence-corrected chi connectivity index (χ2v) is 7.15. The normalized spacial score (nSPS) is 11.1. The molecule has 5 aromatic rings. The van der Waals surface area contributed by atoms with E-state index in [1.54, 1.807) is 19.2 Å². The lowest BCUT2D eigenvalue weighted by Gasteiger charge is -2.08. The molecule has 0 aliphatic heterocycles. The highest BCUT2D eigenvalue weighted by molar-refractivity contribution is 7.17. The molecule has 6 nitrogen and oxygen atoms in total. The van der Waals surface area contributed by atoms with E-state index in [1.165, 1.54) is 23.7 Å². The predicted molar refractivity (Wildman–Crippen MR) is 112 cm³/mol. The predicted octanol–water partition coefficient (Wildman–Crippen LogP) is 5.27. The van der Waals surface area contributed by atoms with Gasteiger partial charge in [-0.3, -0.25) is 0 Å². The van der Waals surface area contributed by atoms with Crippen LogP contribution in [0.15, 0.2) is 75.5 Å². The molecule has 0 amide bonds. The second kappa shape index (κ2) is 7.03. The summed E-state index contributed by atoms with van der Waals surface area (Å²) in [5.74, 6) is 1.76. The molecular weight excluding hydrogens is 388 g/mol. The molecule has 0 saturated heterocycles. The first-order valence-corrected chi connectivity index (χ1v) is 9.67. The number of hydrogen-bond donors (Lipinski definition) is 0. The van der Waals surface area contributed by atoms with Crippen LogP contribution in [0.25, 0.3) is 32.3 Å². The van der Waals surface area contributed by atoms with Gasteiger partial charge in [0.15, 0.2) is 0 Å². The number of hydrogen-bond acceptors (Lipinski definition) is 7. The topological polar surface area (TPSA) is 74.5 Å². The van der Waals surface area contributed by atoms with Gasteiger partial charge in [0.2, 0.25) is 5.88 Å². The minimum Gasteiger partial charge on any atom is -0.497 e. The second-order valence-electron chi connectivity index (χ2n) is 6.29. The number of rotatable bonds is 4. The first kappa shape index (κ1) is 17.4. The molecule has 0 aliphatic rings. The largest absolute Gasteiger partial charge is 0.497 e. The number of fused-ring (bicyclic) bond motifs is 2. The van der Waals surface area contributed by atoms with Crippen molar-refractivity contribution >= 4 is 32.5 Å². The van der Waals surface area contributed by atoms with Crippen LogP contribution in [0.3, 0.4) is 0 Å². The smallest absolute Gasteiger partial charge is 0.336 e. The van der Waals surface area contributed by atoms with Crippen molar-refractivity contribution in [2.24, 2.45) is 0 Å². The fraction of sp³-hybridized carbons (Fsp3) is 0.0455. The van der Waals surface area contributed by atoms with Crippen molar-refractivity contribution in [2.45, 2.75) is 0 Å². The Morgan fingerprint density at radius 2 is 1.76 bits per heavy atom. The monoisotopic (exact) mass is 402 g/mol. The van der Waals surface area contributed by atoms with Crippen LogP contribution in [0, 0.1) is 0 Å². The molecule has 7 heteroatoms. The van der Waals surface area contributed by atoms with Gasteiger partial charge in [-0.1, -0.05) is 12.1 Å². The first-order chi connectivity index (χ1) is 14.2. The molecule has 142 valence electrons. The quantitative estimate of drug-likeness (QED) is 0.382. The zero-order chi connectivity index (χ0) is 19.8. The molecule has 0 bridgehead atoms. The number of benzene rings is 2. The van der Waals surface area contributed by atoms with Crippen LogP contribution in [0.1, 0.15) is 0 Å². The Morgan fingerprint density at radius 3 is 2.59 bits per heavy atom. The highest BCUT2D eigenvalue weighted by Gasteiger charge is 2.15. The summed E-state index contributed by atoms with van der Waals surface area (Å²) in [7, 11) is 1.64. The average molecular weight is 402 g/mol. The van der Waals surface area contributed by atoms with Crippen LogP contribution in [0.2, 0.25) is 0 Å². The van der Waals surface area contributed by atoms with Gasteiger partial charge >= 0.3 is 5.63 Å². The van der Waals surface area contributed by atoms with Gasteiger partial charge in [0.1, 0.15) is 28.2 Å². The van der Waals surface area contributed by atoms with E-state index in [2.05, 4.69) is 9.97 Å². The van der Waals surface area contributed by atoms with Gasteiger partial charge in [0, 0.05) is 28.5 Å². The molecule has 3 heterocycles. The molecule has 0 N–H and O–H groups in total. The van der Waals surface area contributed by atoms with E-state index >= 15 is 0 Å². The first-order valence-electron chi connectivity index (χ1n) is 8.80. The third-order valence-electron chi connectivity index (χ3n) is 4.55. The number of ether oxygens (including phenoxy) is 2. The van der Waals surface area contributed by atoms with E-state index in [1.807, 2.05) is 41.8 Å². The number of methoxy groups -OCH3 is 1. The van der Waals surface area contributed by atoms with Crippen molar-refractivity contribution in [3.8, 4) is 28.5 Å². The van der Waals surface area contributed by atoms with E-state index in [0.717, 1.165) is 32.5 Å². The van der Waals surface area contributed by atoms with Crippen LogP contribution in [0.5, 0.6) is 17.4 Å². The van der Waals surface area contributed by atoms with Gasteiger partial charge in [0.25, 0.3) is 0 Å². The summed E-state index contributed by atoms with van der Waals surface area (Å²) in [4.78, 5) is 21.0. The van der Waals surface area contributed by atoms with Crippen LogP contribution in [-0.4, -0.2) is 17.1 Å². The Kier molecular flexibility index (Phi) is 4.22. The lowest BCUT2D eigenvalue weighted by molar-refractivity contribution is 0.415. The highest BCUT2D eigenvalue weighted by atomic mass is 32.1. The molecule has 5 rings (SSSR count).